The molecule has 0 spiro atoms. The summed E-state index contributed by atoms with van der Waals surface area (Å²) in [7, 11) is 0. The van der Waals surface area contributed by atoms with Crippen LogP contribution in [0.4, 0.5) is 4.39 Å². The van der Waals surface area contributed by atoms with Crippen molar-refractivity contribution >= 4 is 0 Å². The van der Waals surface area contributed by atoms with E-state index in [4.69, 9.17) is 0 Å². The fourth-order valence-electron chi connectivity index (χ4n) is 3.00. The first kappa shape index (κ1) is 14.1. The number of aromatic nitrogens is 2. The fraction of sp³-hybridized carbons (Fsp3) is 0.412. The van der Waals surface area contributed by atoms with Crippen LogP contribution in [0.3, 0.4) is 0 Å². The van der Waals surface area contributed by atoms with E-state index in [1.165, 1.54) is 25.0 Å². The fourth-order valence-corrected chi connectivity index (χ4v) is 3.00. The number of likely N-dealkylation sites (tertiary alicyclic amines) is 1. The van der Waals surface area contributed by atoms with Gasteiger partial charge in [0.05, 0.1) is 11.7 Å². The third kappa shape index (κ3) is 3.45. The van der Waals surface area contributed by atoms with Crippen LogP contribution in [0.5, 0.6) is 0 Å². The Balaban J connectivity index is 1.79. The van der Waals surface area contributed by atoms with Gasteiger partial charge in [-0.15, -0.1) is 0 Å². The molecule has 0 N–H and O–H groups in total. The van der Waals surface area contributed by atoms with Crippen LogP contribution in [0.2, 0.25) is 0 Å². The van der Waals surface area contributed by atoms with Crippen molar-refractivity contribution in [1.29, 1.82) is 0 Å². The van der Waals surface area contributed by atoms with Crippen molar-refractivity contribution in [2.24, 2.45) is 0 Å². The van der Waals surface area contributed by atoms with Crippen molar-refractivity contribution in [2.45, 2.75) is 38.8 Å². The van der Waals surface area contributed by atoms with Gasteiger partial charge in [-0.1, -0.05) is 18.6 Å². The molecule has 1 aliphatic rings. The van der Waals surface area contributed by atoms with Crippen LogP contribution < -0.4 is 0 Å². The normalized spacial score (nSPS) is 19.6. The lowest BCUT2D eigenvalue weighted by Gasteiger charge is -2.35. The lowest BCUT2D eigenvalue weighted by atomic mass is 9.98. The van der Waals surface area contributed by atoms with E-state index in [1.807, 2.05) is 31.3 Å². The van der Waals surface area contributed by atoms with Gasteiger partial charge in [0.2, 0.25) is 0 Å². The van der Waals surface area contributed by atoms with Gasteiger partial charge in [-0.3, -0.25) is 4.90 Å². The summed E-state index contributed by atoms with van der Waals surface area (Å²) in [5, 5.41) is 0. The average molecular weight is 285 g/mol. The van der Waals surface area contributed by atoms with E-state index < -0.39 is 0 Å². The van der Waals surface area contributed by atoms with Crippen molar-refractivity contribution in [1.82, 2.24) is 14.9 Å². The van der Waals surface area contributed by atoms with E-state index in [0.717, 1.165) is 36.6 Å². The van der Waals surface area contributed by atoms with Crippen LogP contribution in [0.15, 0.2) is 36.5 Å². The molecule has 1 aromatic carbocycles. The highest BCUT2D eigenvalue weighted by Crippen LogP contribution is 2.30. The molecule has 1 atom stereocenters. The zero-order valence-electron chi connectivity index (χ0n) is 12.3. The highest BCUT2D eigenvalue weighted by molar-refractivity contribution is 5.17. The van der Waals surface area contributed by atoms with E-state index in [0.29, 0.717) is 6.04 Å². The van der Waals surface area contributed by atoms with Gasteiger partial charge in [0.15, 0.2) is 0 Å². The minimum Gasteiger partial charge on any atom is -0.291 e. The Bertz CT molecular complexity index is 597. The van der Waals surface area contributed by atoms with Gasteiger partial charge in [-0.05, 0) is 50.1 Å². The third-order valence-corrected chi connectivity index (χ3v) is 4.05. The summed E-state index contributed by atoms with van der Waals surface area (Å²) in [6, 6.07) is 9.15. The van der Waals surface area contributed by atoms with E-state index in [9.17, 15) is 4.39 Å². The molecule has 2 heterocycles. The van der Waals surface area contributed by atoms with Gasteiger partial charge in [0.1, 0.15) is 11.6 Å². The molecule has 1 saturated heterocycles. The first-order chi connectivity index (χ1) is 10.2. The minimum atomic E-state index is -0.180. The average Bonchev–Trinajstić information content (AvgIpc) is 2.50. The molecule has 21 heavy (non-hydrogen) atoms. The number of hydrogen-bond acceptors (Lipinski definition) is 3. The maximum Gasteiger partial charge on any atom is 0.125 e. The molecule has 0 unspecified atom stereocenters. The number of nitrogens with zero attached hydrogens (tertiary/aromatic N) is 3. The highest BCUT2D eigenvalue weighted by Gasteiger charge is 2.25. The molecule has 4 heteroatoms. The number of piperidine rings is 1. The maximum absolute atomic E-state index is 13.0. The largest absolute Gasteiger partial charge is 0.291 e. The Morgan fingerprint density at radius 2 is 2.00 bits per heavy atom. The molecule has 3 rings (SSSR count). The minimum absolute atomic E-state index is 0.180. The Kier molecular flexibility index (Phi) is 4.25. The Morgan fingerprint density at radius 3 is 2.76 bits per heavy atom. The van der Waals surface area contributed by atoms with Gasteiger partial charge in [-0.2, -0.15) is 0 Å². The summed E-state index contributed by atoms with van der Waals surface area (Å²) in [5.74, 6) is 0.639. The Labute approximate surface area is 124 Å². The van der Waals surface area contributed by atoms with Gasteiger partial charge in [-0.25, -0.2) is 14.4 Å². The molecule has 1 aromatic heterocycles. The third-order valence-electron chi connectivity index (χ3n) is 4.05. The quantitative estimate of drug-likeness (QED) is 0.862. The van der Waals surface area contributed by atoms with Crippen molar-refractivity contribution < 1.29 is 4.39 Å². The van der Waals surface area contributed by atoms with E-state index in [-0.39, 0.29) is 5.82 Å². The molecule has 110 valence electrons. The first-order valence-corrected chi connectivity index (χ1v) is 7.50. The summed E-state index contributed by atoms with van der Waals surface area (Å²) < 4.78 is 13.0. The van der Waals surface area contributed by atoms with Gasteiger partial charge in [0, 0.05) is 12.7 Å². The van der Waals surface area contributed by atoms with Crippen LogP contribution in [0.25, 0.3) is 0 Å². The SMILES string of the molecule is Cc1nccc([C@@H]2CCCCN2Cc2ccc(F)cc2)n1. The molecule has 2 aromatic rings. The van der Waals surface area contributed by atoms with E-state index in [2.05, 4.69) is 14.9 Å². The van der Waals surface area contributed by atoms with Crippen LogP contribution in [-0.4, -0.2) is 21.4 Å². The topological polar surface area (TPSA) is 29.0 Å². The molecule has 0 saturated carbocycles. The van der Waals surface area contributed by atoms with Crippen LogP contribution >= 0.6 is 0 Å². The van der Waals surface area contributed by atoms with Gasteiger partial charge in [0.25, 0.3) is 0 Å². The van der Waals surface area contributed by atoms with Crippen molar-refractivity contribution in [3.05, 3.63) is 59.4 Å². The molecule has 1 fully saturated rings. The summed E-state index contributed by atoms with van der Waals surface area (Å²) in [6.45, 7) is 3.83. The zero-order chi connectivity index (χ0) is 14.7. The molecule has 0 bridgehead atoms. The zero-order valence-corrected chi connectivity index (χ0v) is 12.3. The second-order valence-electron chi connectivity index (χ2n) is 5.64. The molecular formula is C17H20FN3. The number of aryl methyl sites for hydroxylation is 1. The monoisotopic (exact) mass is 285 g/mol. The van der Waals surface area contributed by atoms with Crippen LogP contribution in [0.1, 0.15) is 42.4 Å². The number of halogens is 1. The highest BCUT2D eigenvalue weighted by atomic mass is 19.1. The molecule has 0 amide bonds. The lowest BCUT2D eigenvalue weighted by molar-refractivity contribution is 0.137. The van der Waals surface area contributed by atoms with E-state index in [1.54, 1.807) is 0 Å². The number of rotatable bonds is 3. The summed E-state index contributed by atoms with van der Waals surface area (Å²) in [5.41, 5.74) is 2.25. The predicted molar refractivity (Wildman–Crippen MR) is 80.2 cm³/mol. The molecular weight excluding hydrogens is 265 g/mol. The summed E-state index contributed by atoms with van der Waals surface area (Å²) in [4.78, 5) is 11.2. The van der Waals surface area contributed by atoms with Crippen molar-refractivity contribution in [3.8, 4) is 0 Å². The maximum atomic E-state index is 13.0. The Hall–Kier alpha value is -1.81. The standard InChI is InChI=1S/C17H20FN3/c1-13-19-10-9-16(20-13)17-4-2-3-11-21(17)12-14-5-7-15(18)8-6-14/h5-10,17H,2-4,11-12H2,1H3/t17-/m0/s1. The number of benzene rings is 1. The Morgan fingerprint density at radius 1 is 1.19 bits per heavy atom. The van der Waals surface area contributed by atoms with Gasteiger partial charge < -0.3 is 0 Å². The molecule has 3 nitrogen and oxygen atoms in total. The summed E-state index contributed by atoms with van der Waals surface area (Å²) in [6.07, 6.45) is 5.40. The smallest absolute Gasteiger partial charge is 0.125 e. The number of hydrogen-bond donors (Lipinski definition) is 0. The molecule has 1 aliphatic heterocycles. The van der Waals surface area contributed by atoms with Crippen LogP contribution in [-0.2, 0) is 6.54 Å². The molecule has 0 radical (unpaired) electrons. The predicted octanol–water partition coefficient (Wildman–Crippen LogP) is 3.65. The lowest BCUT2D eigenvalue weighted by Crippen LogP contribution is -2.33. The first-order valence-electron chi connectivity index (χ1n) is 7.50. The van der Waals surface area contributed by atoms with Crippen LogP contribution in [0, 0.1) is 12.7 Å². The van der Waals surface area contributed by atoms with E-state index >= 15 is 0 Å². The van der Waals surface area contributed by atoms with Crippen molar-refractivity contribution in [2.75, 3.05) is 6.54 Å². The molecule has 0 aliphatic carbocycles. The summed E-state index contributed by atoms with van der Waals surface area (Å²) >= 11 is 0. The van der Waals surface area contributed by atoms with Crippen molar-refractivity contribution in [3.63, 3.8) is 0 Å². The van der Waals surface area contributed by atoms with Gasteiger partial charge >= 0.3 is 0 Å². The second kappa shape index (κ2) is 6.31. The second-order valence-corrected chi connectivity index (χ2v) is 5.64.